The Morgan fingerprint density at radius 2 is 1.03 bits per heavy atom. The van der Waals surface area contributed by atoms with Crippen LogP contribution in [0.5, 0.6) is 0 Å². The molecule has 2 unspecified atom stereocenters. The lowest BCUT2D eigenvalue weighted by Gasteiger charge is -2.19. The normalized spacial score (nSPS) is 12.7. The third-order valence-electron chi connectivity index (χ3n) is 4.20. The van der Waals surface area contributed by atoms with E-state index in [1.807, 2.05) is 71.7 Å². The van der Waals surface area contributed by atoms with E-state index in [9.17, 15) is 9.59 Å². The molecule has 0 spiro atoms. The van der Waals surface area contributed by atoms with Gasteiger partial charge in [-0.3, -0.25) is 9.59 Å². The fourth-order valence-corrected chi connectivity index (χ4v) is 8.60. The van der Waals surface area contributed by atoms with E-state index in [4.69, 9.17) is 0 Å². The number of benzene rings is 2. The summed E-state index contributed by atoms with van der Waals surface area (Å²) in [5.41, 5.74) is 1.18. The molecular formula is C26H30O2S5. The fraction of sp³-hybridized carbons (Fsp3) is 0.308. The lowest BCUT2D eigenvalue weighted by Crippen LogP contribution is -2.16. The van der Waals surface area contributed by atoms with Gasteiger partial charge >= 0.3 is 0 Å². The highest BCUT2D eigenvalue weighted by molar-refractivity contribution is 8.15. The zero-order valence-corrected chi connectivity index (χ0v) is 23.1. The van der Waals surface area contributed by atoms with Crippen molar-refractivity contribution in [2.24, 2.45) is 0 Å². The van der Waals surface area contributed by atoms with Gasteiger partial charge in [0.15, 0.2) is 0 Å². The van der Waals surface area contributed by atoms with Crippen LogP contribution in [0.1, 0.15) is 13.8 Å². The number of hydrogen-bond donors (Lipinski definition) is 0. The largest absolute Gasteiger partial charge is 0.282 e. The molecular weight excluding hydrogens is 505 g/mol. The molecule has 0 bridgehead atoms. The standard InChI is InChI=1S/C26H30O2S5/c1-19(2)25(27)30-17-23(32-21-11-7-5-8-12-21)15-29-16-24(18-31-26(28)20(3)4)33-22-13-9-6-10-14-22/h5-14,23-24H,1,3,15-18H2,2,4H3. The average molecular weight is 535 g/mol. The molecule has 33 heavy (non-hydrogen) atoms. The highest BCUT2D eigenvalue weighted by atomic mass is 32.2. The summed E-state index contributed by atoms with van der Waals surface area (Å²) in [6, 6.07) is 20.7. The molecule has 0 saturated carbocycles. The summed E-state index contributed by atoms with van der Waals surface area (Å²) in [6.07, 6.45) is 0. The van der Waals surface area contributed by atoms with Crippen LogP contribution in [0, 0.1) is 0 Å². The molecule has 2 aromatic carbocycles. The van der Waals surface area contributed by atoms with Gasteiger partial charge < -0.3 is 0 Å². The second-order valence-electron chi connectivity index (χ2n) is 7.40. The zero-order chi connectivity index (χ0) is 24.1. The predicted octanol–water partition coefficient (Wildman–Crippen LogP) is 7.71. The molecule has 0 aliphatic heterocycles. The topological polar surface area (TPSA) is 34.1 Å². The molecule has 2 nitrogen and oxygen atoms in total. The van der Waals surface area contributed by atoms with Crippen molar-refractivity contribution < 1.29 is 9.59 Å². The Hall–Kier alpha value is -0.990. The van der Waals surface area contributed by atoms with Crippen molar-refractivity contribution >= 4 is 69.0 Å². The van der Waals surface area contributed by atoms with Gasteiger partial charge in [-0.05, 0) is 49.3 Å². The van der Waals surface area contributed by atoms with Gasteiger partial charge in [-0.1, -0.05) is 73.1 Å². The molecule has 0 heterocycles. The van der Waals surface area contributed by atoms with Crippen molar-refractivity contribution in [1.29, 1.82) is 0 Å². The first-order valence-electron chi connectivity index (χ1n) is 10.5. The van der Waals surface area contributed by atoms with E-state index in [1.54, 1.807) is 13.8 Å². The Kier molecular flexibility index (Phi) is 13.5. The average Bonchev–Trinajstić information content (AvgIpc) is 2.81. The summed E-state index contributed by atoms with van der Waals surface area (Å²) in [7, 11) is 0. The van der Waals surface area contributed by atoms with E-state index >= 15 is 0 Å². The van der Waals surface area contributed by atoms with Crippen molar-refractivity contribution in [1.82, 2.24) is 0 Å². The molecule has 0 aromatic heterocycles. The van der Waals surface area contributed by atoms with E-state index in [0.29, 0.717) is 21.6 Å². The Bertz CT molecular complexity index is 839. The van der Waals surface area contributed by atoms with Crippen LogP contribution in [-0.4, -0.2) is 43.7 Å². The van der Waals surface area contributed by atoms with Gasteiger partial charge in [0.25, 0.3) is 0 Å². The molecule has 7 heteroatoms. The van der Waals surface area contributed by atoms with E-state index in [-0.39, 0.29) is 10.2 Å². The van der Waals surface area contributed by atoms with Crippen LogP contribution >= 0.6 is 58.8 Å². The van der Waals surface area contributed by atoms with Crippen LogP contribution in [0.2, 0.25) is 0 Å². The van der Waals surface area contributed by atoms with Crippen LogP contribution in [0.15, 0.2) is 94.8 Å². The van der Waals surface area contributed by atoms with Crippen molar-refractivity contribution in [3.05, 3.63) is 85.0 Å². The monoisotopic (exact) mass is 534 g/mol. The number of rotatable bonds is 14. The summed E-state index contributed by atoms with van der Waals surface area (Å²) < 4.78 is 0. The lowest BCUT2D eigenvalue weighted by atomic mass is 10.4. The summed E-state index contributed by atoms with van der Waals surface area (Å²) in [4.78, 5) is 26.6. The van der Waals surface area contributed by atoms with E-state index in [2.05, 4.69) is 37.4 Å². The first-order valence-corrected chi connectivity index (χ1v) is 15.4. The molecule has 0 saturated heterocycles. The van der Waals surface area contributed by atoms with Gasteiger partial charge in [0.1, 0.15) is 0 Å². The molecule has 2 atom stereocenters. The summed E-state index contributed by atoms with van der Waals surface area (Å²) in [5.74, 6) is 3.36. The number of carbonyl (C=O) groups is 2. The van der Waals surface area contributed by atoms with Gasteiger partial charge in [-0.15, -0.1) is 23.5 Å². The van der Waals surface area contributed by atoms with Crippen LogP contribution in [-0.2, 0) is 9.59 Å². The van der Waals surface area contributed by atoms with Crippen molar-refractivity contribution in [2.45, 2.75) is 34.1 Å². The maximum absolute atomic E-state index is 12.1. The van der Waals surface area contributed by atoms with Gasteiger partial charge in [0.05, 0.1) is 0 Å². The summed E-state index contributed by atoms with van der Waals surface area (Å²) in [6.45, 7) is 11.1. The van der Waals surface area contributed by atoms with Gasteiger partial charge in [0, 0.05) is 43.3 Å². The maximum atomic E-state index is 12.1. The quantitative estimate of drug-likeness (QED) is 0.181. The van der Waals surface area contributed by atoms with Crippen molar-refractivity contribution in [3.63, 3.8) is 0 Å². The van der Waals surface area contributed by atoms with Crippen LogP contribution < -0.4 is 0 Å². The highest BCUT2D eigenvalue weighted by Gasteiger charge is 2.18. The minimum atomic E-state index is 0.0610. The Labute approximate surface area is 219 Å². The van der Waals surface area contributed by atoms with Crippen molar-refractivity contribution in [3.8, 4) is 0 Å². The van der Waals surface area contributed by atoms with Crippen LogP contribution in [0.3, 0.4) is 0 Å². The maximum Gasteiger partial charge on any atom is 0.214 e. The van der Waals surface area contributed by atoms with Crippen LogP contribution in [0.4, 0.5) is 0 Å². The van der Waals surface area contributed by atoms with E-state index < -0.39 is 0 Å². The second-order valence-corrected chi connectivity index (χ2v) is 13.2. The molecule has 0 amide bonds. The molecule has 0 aliphatic rings. The van der Waals surface area contributed by atoms with Gasteiger partial charge in [-0.25, -0.2) is 0 Å². The Morgan fingerprint density at radius 1 is 0.667 bits per heavy atom. The fourth-order valence-electron chi connectivity index (χ4n) is 2.53. The highest BCUT2D eigenvalue weighted by Crippen LogP contribution is 2.32. The Balaban J connectivity index is 1.97. The SMILES string of the molecule is C=C(C)C(=O)SCC(CSCC(CSC(=O)C(=C)C)Sc1ccccc1)Sc1ccccc1. The van der Waals surface area contributed by atoms with Crippen molar-refractivity contribution in [2.75, 3.05) is 23.0 Å². The molecule has 2 aromatic rings. The molecule has 2 rings (SSSR count). The zero-order valence-electron chi connectivity index (χ0n) is 19.0. The van der Waals surface area contributed by atoms with E-state index in [0.717, 1.165) is 23.0 Å². The molecule has 0 radical (unpaired) electrons. The molecule has 0 aliphatic carbocycles. The minimum Gasteiger partial charge on any atom is -0.282 e. The molecule has 0 N–H and O–H groups in total. The van der Waals surface area contributed by atoms with E-state index in [1.165, 1.54) is 33.3 Å². The lowest BCUT2D eigenvalue weighted by molar-refractivity contribution is -0.108. The Morgan fingerprint density at radius 3 is 1.36 bits per heavy atom. The second kappa shape index (κ2) is 15.8. The third-order valence-corrected chi connectivity index (χ3v) is 11.1. The first-order chi connectivity index (χ1) is 15.8. The minimum absolute atomic E-state index is 0.0610. The number of carbonyl (C=O) groups excluding carboxylic acids is 2. The number of hydrogen-bond acceptors (Lipinski definition) is 7. The van der Waals surface area contributed by atoms with Gasteiger partial charge in [0.2, 0.25) is 10.2 Å². The van der Waals surface area contributed by atoms with Gasteiger partial charge in [-0.2, -0.15) is 11.8 Å². The smallest absolute Gasteiger partial charge is 0.214 e. The summed E-state index contributed by atoms with van der Waals surface area (Å²) >= 11 is 8.24. The molecule has 176 valence electrons. The third kappa shape index (κ3) is 11.8. The summed E-state index contributed by atoms with van der Waals surface area (Å²) in [5, 5.41) is 0.729. The first kappa shape index (κ1) is 28.2. The molecule has 0 fully saturated rings. The predicted molar refractivity (Wildman–Crippen MR) is 154 cm³/mol. The van der Waals surface area contributed by atoms with Crippen LogP contribution in [0.25, 0.3) is 0 Å². The number of thioether (sulfide) groups is 5.